The number of amides is 1. The van der Waals surface area contributed by atoms with Crippen molar-refractivity contribution in [3.8, 4) is 11.5 Å². The second-order valence-corrected chi connectivity index (χ2v) is 8.71. The zero-order chi connectivity index (χ0) is 24.4. The molecule has 182 valence electrons. The molecule has 0 saturated carbocycles. The van der Waals surface area contributed by atoms with Crippen molar-refractivity contribution in [2.24, 2.45) is 0 Å². The third-order valence-corrected chi connectivity index (χ3v) is 6.67. The van der Waals surface area contributed by atoms with Gasteiger partial charge in [-0.25, -0.2) is 4.98 Å². The number of nitrogens with zero attached hydrogens (tertiary/aromatic N) is 6. The topological polar surface area (TPSA) is 104 Å². The predicted octanol–water partition coefficient (Wildman–Crippen LogP) is 2.64. The standard InChI is InChI=1S/C25H28N6O4/c1-34-20-14-18-19(15-21(20)35-2)26-16-30(25(18)33)10-5-7-23(32)29-12-8-17(9-13-29)24-28-27-22-6-3-4-11-31(22)24/h3-4,6,11,14-17H,5,7-10,12-13H2,1-2H3. The van der Waals surface area contributed by atoms with E-state index in [0.29, 0.717) is 54.9 Å². The maximum atomic E-state index is 12.9. The van der Waals surface area contributed by atoms with Crippen LogP contribution in [0.4, 0.5) is 0 Å². The molecule has 0 spiro atoms. The number of aromatic nitrogens is 5. The Labute approximate surface area is 202 Å². The van der Waals surface area contributed by atoms with E-state index in [1.54, 1.807) is 23.8 Å². The summed E-state index contributed by atoms with van der Waals surface area (Å²) >= 11 is 0. The normalized spacial score (nSPS) is 14.5. The minimum Gasteiger partial charge on any atom is -0.493 e. The molecule has 1 saturated heterocycles. The number of hydrogen-bond acceptors (Lipinski definition) is 7. The van der Waals surface area contributed by atoms with Gasteiger partial charge in [0.15, 0.2) is 17.1 Å². The molecule has 1 fully saturated rings. The van der Waals surface area contributed by atoms with Crippen molar-refractivity contribution in [3.05, 3.63) is 59.0 Å². The van der Waals surface area contributed by atoms with Crippen LogP contribution in [-0.4, -0.2) is 62.3 Å². The maximum Gasteiger partial charge on any atom is 0.261 e. The molecule has 0 aliphatic carbocycles. The summed E-state index contributed by atoms with van der Waals surface area (Å²) in [7, 11) is 3.07. The summed E-state index contributed by atoms with van der Waals surface area (Å²) in [6, 6.07) is 9.20. The number of carbonyl (C=O) groups excluding carboxylic acids is 1. The van der Waals surface area contributed by atoms with Gasteiger partial charge in [-0.05, 0) is 37.5 Å². The van der Waals surface area contributed by atoms with Crippen molar-refractivity contribution in [1.29, 1.82) is 0 Å². The number of aryl methyl sites for hydroxylation is 1. The van der Waals surface area contributed by atoms with E-state index in [1.165, 1.54) is 13.4 Å². The van der Waals surface area contributed by atoms with Gasteiger partial charge < -0.3 is 14.4 Å². The number of ether oxygens (including phenoxy) is 2. The average Bonchev–Trinajstić information content (AvgIpc) is 3.33. The van der Waals surface area contributed by atoms with Crippen molar-refractivity contribution in [2.75, 3.05) is 27.3 Å². The fourth-order valence-electron chi connectivity index (χ4n) is 4.73. The first kappa shape index (κ1) is 22.8. The van der Waals surface area contributed by atoms with Crippen LogP contribution in [0.1, 0.15) is 37.4 Å². The molecule has 1 amide bonds. The lowest BCUT2D eigenvalue weighted by Gasteiger charge is -2.31. The lowest BCUT2D eigenvalue weighted by molar-refractivity contribution is -0.132. The van der Waals surface area contributed by atoms with Crippen LogP contribution in [0.3, 0.4) is 0 Å². The smallest absolute Gasteiger partial charge is 0.261 e. The van der Waals surface area contributed by atoms with Crippen molar-refractivity contribution in [3.63, 3.8) is 0 Å². The van der Waals surface area contributed by atoms with E-state index in [0.717, 1.165) is 24.3 Å². The molecule has 10 nitrogen and oxygen atoms in total. The molecule has 4 aromatic rings. The highest BCUT2D eigenvalue weighted by Gasteiger charge is 2.26. The summed E-state index contributed by atoms with van der Waals surface area (Å²) in [6.07, 6.45) is 6.18. The Kier molecular flexibility index (Phi) is 6.35. The minimum atomic E-state index is -0.162. The molecule has 0 radical (unpaired) electrons. The van der Waals surface area contributed by atoms with Gasteiger partial charge in [-0.3, -0.25) is 18.6 Å². The number of fused-ring (bicyclic) bond motifs is 2. The second-order valence-electron chi connectivity index (χ2n) is 8.71. The van der Waals surface area contributed by atoms with Gasteiger partial charge in [0.2, 0.25) is 5.91 Å². The molecule has 4 heterocycles. The summed E-state index contributed by atoms with van der Waals surface area (Å²) in [5, 5.41) is 9.08. The highest BCUT2D eigenvalue weighted by molar-refractivity contribution is 5.81. The maximum absolute atomic E-state index is 12.9. The highest BCUT2D eigenvalue weighted by Crippen LogP contribution is 2.30. The van der Waals surface area contributed by atoms with E-state index >= 15 is 0 Å². The molecule has 35 heavy (non-hydrogen) atoms. The minimum absolute atomic E-state index is 0.114. The molecule has 10 heteroatoms. The van der Waals surface area contributed by atoms with E-state index in [-0.39, 0.29) is 17.4 Å². The SMILES string of the molecule is COc1cc2ncn(CCCC(=O)N3CCC(c4nnc5ccccn45)CC3)c(=O)c2cc1OC. The zero-order valence-corrected chi connectivity index (χ0v) is 19.9. The molecule has 1 aliphatic heterocycles. The van der Waals surface area contributed by atoms with Gasteiger partial charge in [0, 0.05) is 44.2 Å². The number of pyridine rings is 1. The molecule has 1 aromatic carbocycles. The third kappa shape index (κ3) is 4.43. The van der Waals surface area contributed by atoms with Gasteiger partial charge in [0.05, 0.1) is 31.4 Å². The van der Waals surface area contributed by atoms with Crippen molar-refractivity contribution in [1.82, 2.24) is 29.0 Å². The molecule has 0 unspecified atom stereocenters. The Morgan fingerprint density at radius 3 is 2.63 bits per heavy atom. The molecular weight excluding hydrogens is 448 g/mol. The monoisotopic (exact) mass is 476 g/mol. The van der Waals surface area contributed by atoms with Crippen molar-refractivity contribution < 1.29 is 14.3 Å². The van der Waals surface area contributed by atoms with Crippen LogP contribution in [0.15, 0.2) is 47.7 Å². The molecular formula is C25H28N6O4. The molecule has 0 bridgehead atoms. The van der Waals surface area contributed by atoms with Crippen LogP contribution >= 0.6 is 0 Å². The van der Waals surface area contributed by atoms with E-state index < -0.39 is 0 Å². The van der Waals surface area contributed by atoms with Crippen LogP contribution in [0.2, 0.25) is 0 Å². The van der Waals surface area contributed by atoms with Crippen LogP contribution in [0, 0.1) is 0 Å². The predicted molar refractivity (Wildman–Crippen MR) is 130 cm³/mol. The quantitative estimate of drug-likeness (QED) is 0.404. The zero-order valence-electron chi connectivity index (χ0n) is 19.9. The van der Waals surface area contributed by atoms with E-state index in [9.17, 15) is 9.59 Å². The summed E-state index contributed by atoms with van der Waals surface area (Å²) in [5.41, 5.74) is 1.23. The lowest BCUT2D eigenvalue weighted by atomic mass is 9.95. The number of piperidine rings is 1. The molecule has 5 rings (SSSR count). The van der Waals surface area contributed by atoms with Crippen molar-refractivity contribution >= 4 is 22.5 Å². The number of carbonyl (C=O) groups is 1. The van der Waals surface area contributed by atoms with Crippen LogP contribution in [0.25, 0.3) is 16.6 Å². The Morgan fingerprint density at radius 1 is 1.09 bits per heavy atom. The largest absolute Gasteiger partial charge is 0.493 e. The number of hydrogen-bond donors (Lipinski definition) is 0. The second kappa shape index (κ2) is 9.73. The van der Waals surface area contributed by atoms with Gasteiger partial charge in [-0.2, -0.15) is 0 Å². The summed E-state index contributed by atoms with van der Waals surface area (Å²) in [5.74, 6) is 2.37. The van der Waals surface area contributed by atoms with Gasteiger partial charge in [-0.1, -0.05) is 6.07 Å². The fraction of sp³-hybridized carbons (Fsp3) is 0.400. The van der Waals surface area contributed by atoms with Crippen molar-refractivity contribution in [2.45, 2.75) is 38.1 Å². The third-order valence-electron chi connectivity index (χ3n) is 6.67. The molecule has 0 N–H and O–H groups in total. The van der Waals surface area contributed by atoms with E-state index in [1.807, 2.05) is 33.7 Å². The van der Waals surface area contributed by atoms with Gasteiger partial charge in [0.1, 0.15) is 5.82 Å². The number of rotatable bonds is 7. The summed E-state index contributed by atoms with van der Waals surface area (Å²) < 4.78 is 14.2. The Balaban J connectivity index is 1.17. The van der Waals surface area contributed by atoms with E-state index in [2.05, 4.69) is 15.2 Å². The first-order valence-corrected chi connectivity index (χ1v) is 11.8. The molecule has 0 atom stereocenters. The number of benzene rings is 1. The van der Waals surface area contributed by atoms with Crippen LogP contribution < -0.4 is 15.0 Å². The summed E-state index contributed by atoms with van der Waals surface area (Å²) in [6.45, 7) is 1.82. The first-order valence-electron chi connectivity index (χ1n) is 11.8. The first-order chi connectivity index (χ1) is 17.1. The Bertz CT molecular complexity index is 1420. The van der Waals surface area contributed by atoms with Crippen LogP contribution in [-0.2, 0) is 11.3 Å². The Morgan fingerprint density at radius 2 is 1.86 bits per heavy atom. The lowest BCUT2D eigenvalue weighted by Crippen LogP contribution is -2.38. The van der Waals surface area contributed by atoms with Crippen LogP contribution in [0.5, 0.6) is 11.5 Å². The number of methoxy groups -OCH3 is 2. The number of likely N-dealkylation sites (tertiary alicyclic amines) is 1. The summed E-state index contributed by atoms with van der Waals surface area (Å²) in [4.78, 5) is 32.0. The van der Waals surface area contributed by atoms with Gasteiger partial charge in [0.25, 0.3) is 5.56 Å². The highest BCUT2D eigenvalue weighted by atomic mass is 16.5. The fourth-order valence-corrected chi connectivity index (χ4v) is 4.73. The molecule has 3 aromatic heterocycles. The van der Waals surface area contributed by atoms with Gasteiger partial charge >= 0.3 is 0 Å². The molecule has 1 aliphatic rings. The van der Waals surface area contributed by atoms with Gasteiger partial charge in [-0.15, -0.1) is 10.2 Å². The Hall–Kier alpha value is -3.95. The average molecular weight is 477 g/mol. The van der Waals surface area contributed by atoms with E-state index in [4.69, 9.17) is 9.47 Å².